The van der Waals surface area contributed by atoms with E-state index in [0.29, 0.717) is 34.9 Å². The number of aromatic nitrogens is 3. The minimum atomic E-state index is -0.378. The highest BCUT2D eigenvalue weighted by atomic mass is 16.5. The molecule has 2 heterocycles. The summed E-state index contributed by atoms with van der Waals surface area (Å²) in [6.07, 6.45) is 1.53. The van der Waals surface area contributed by atoms with Crippen molar-refractivity contribution in [3.63, 3.8) is 0 Å². The number of nitrogens with zero attached hydrogens (tertiary/aromatic N) is 3. The fraction of sp³-hybridized carbons (Fsp3) is 0.200. The topological polar surface area (TPSA) is 86.1 Å². The number of ether oxygens (including phenoxy) is 1. The first-order valence-electron chi connectivity index (χ1n) is 10.4. The van der Waals surface area contributed by atoms with E-state index in [2.05, 4.69) is 15.4 Å². The van der Waals surface area contributed by atoms with Gasteiger partial charge in [-0.3, -0.25) is 4.79 Å². The maximum Gasteiger partial charge on any atom is 0.338 e. The Bertz CT molecular complexity index is 1280. The first-order valence-corrected chi connectivity index (χ1v) is 10.4. The van der Waals surface area contributed by atoms with Crippen LogP contribution < -0.4 is 5.32 Å². The van der Waals surface area contributed by atoms with Gasteiger partial charge in [-0.1, -0.05) is 32.0 Å². The number of rotatable bonds is 6. The van der Waals surface area contributed by atoms with Crippen molar-refractivity contribution >= 4 is 28.5 Å². The molecule has 1 N–H and O–H groups in total. The molecule has 0 saturated heterocycles. The highest BCUT2D eigenvalue weighted by Crippen LogP contribution is 2.19. The summed E-state index contributed by atoms with van der Waals surface area (Å²) < 4.78 is 6.87. The van der Waals surface area contributed by atoms with Gasteiger partial charge < -0.3 is 10.1 Å². The third-order valence-electron chi connectivity index (χ3n) is 4.98. The zero-order chi connectivity index (χ0) is 22.7. The van der Waals surface area contributed by atoms with E-state index in [1.165, 1.54) is 6.20 Å². The molecule has 0 aliphatic carbocycles. The van der Waals surface area contributed by atoms with Crippen molar-refractivity contribution in [1.29, 1.82) is 0 Å². The van der Waals surface area contributed by atoms with Gasteiger partial charge in [0.05, 0.1) is 35.1 Å². The van der Waals surface area contributed by atoms with Crippen molar-refractivity contribution < 1.29 is 14.3 Å². The number of benzene rings is 2. The molecular weight excluding hydrogens is 404 g/mol. The lowest BCUT2D eigenvalue weighted by molar-refractivity contribution is 0.0459. The van der Waals surface area contributed by atoms with Crippen LogP contribution in [0.15, 0.2) is 66.9 Å². The predicted octanol–water partition coefficient (Wildman–Crippen LogP) is 4.79. The lowest BCUT2D eigenvalue weighted by atomic mass is 10.2. The molecule has 0 radical (unpaired) electrons. The Morgan fingerprint density at radius 2 is 1.78 bits per heavy atom. The van der Waals surface area contributed by atoms with Gasteiger partial charge in [0.25, 0.3) is 5.91 Å². The van der Waals surface area contributed by atoms with Gasteiger partial charge in [-0.15, -0.1) is 0 Å². The smallest absolute Gasteiger partial charge is 0.338 e. The van der Waals surface area contributed by atoms with Crippen molar-refractivity contribution in [1.82, 2.24) is 14.8 Å². The van der Waals surface area contributed by atoms with Crippen LogP contribution in [0.1, 0.15) is 40.3 Å². The molecule has 32 heavy (non-hydrogen) atoms. The Morgan fingerprint density at radius 3 is 2.53 bits per heavy atom. The molecule has 0 atom stereocenters. The van der Waals surface area contributed by atoms with Crippen molar-refractivity contribution in [2.45, 2.75) is 20.8 Å². The average molecular weight is 428 g/mol. The van der Waals surface area contributed by atoms with Gasteiger partial charge in [0.2, 0.25) is 0 Å². The third kappa shape index (κ3) is 4.51. The summed E-state index contributed by atoms with van der Waals surface area (Å²) >= 11 is 0. The van der Waals surface area contributed by atoms with Crippen LogP contribution in [-0.4, -0.2) is 33.2 Å². The highest BCUT2D eigenvalue weighted by molar-refractivity contribution is 6.05. The van der Waals surface area contributed by atoms with E-state index in [-0.39, 0.29) is 17.8 Å². The summed E-state index contributed by atoms with van der Waals surface area (Å²) in [5.41, 5.74) is 3.00. The summed E-state index contributed by atoms with van der Waals surface area (Å²) in [5.74, 6) is 0.247. The number of nitrogens with one attached hydrogen (secondary N) is 1. The van der Waals surface area contributed by atoms with E-state index >= 15 is 0 Å². The van der Waals surface area contributed by atoms with Crippen molar-refractivity contribution in [2.75, 3.05) is 11.9 Å². The van der Waals surface area contributed by atoms with E-state index in [9.17, 15) is 9.59 Å². The normalized spacial score (nSPS) is 11.0. The van der Waals surface area contributed by atoms with Gasteiger partial charge in [0.15, 0.2) is 5.82 Å². The van der Waals surface area contributed by atoms with Crippen LogP contribution in [0, 0.1) is 12.8 Å². The molecule has 4 aromatic rings. The fourth-order valence-corrected chi connectivity index (χ4v) is 3.25. The Morgan fingerprint density at radius 1 is 1.03 bits per heavy atom. The molecule has 0 unspecified atom stereocenters. The van der Waals surface area contributed by atoms with Crippen molar-refractivity contribution in [2.24, 2.45) is 5.92 Å². The van der Waals surface area contributed by atoms with E-state index in [1.807, 2.05) is 57.2 Å². The number of amides is 1. The van der Waals surface area contributed by atoms with Crippen molar-refractivity contribution in [3.05, 3.63) is 83.7 Å². The van der Waals surface area contributed by atoms with Gasteiger partial charge in [0, 0.05) is 11.1 Å². The van der Waals surface area contributed by atoms with Crippen LogP contribution in [0.4, 0.5) is 5.69 Å². The second kappa shape index (κ2) is 9.01. The van der Waals surface area contributed by atoms with E-state index in [0.717, 1.165) is 10.9 Å². The second-order valence-corrected chi connectivity index (χ2v) is 7.94. The molecule has 4 rings (SSSR count). The zero-order valence-electron chi connectivity index (χ0n) is 18.2. The third-order valence-corrected chi connectivity index (χ3v) is 4.98. The summed E-state index contributed by atoms with van der Waals surface area (Å²) in [6.45, 7) is 6.15. The van der Waals surface area contributed by atoms with E-state index in [4.69, 9.17) is 4.74 Å². The molecule has 0 fully saturated rings. The number of hydrogen-bond donors (Lipinski definition) is 1. The standard InChI is InChI=1S/C25H24N4O3/c1-16(2)15-32-25(31)19-8-11-20(12-9-19)27-24(30)21-14-26-29(17(21)3)23-13-10-18-6-4-5-7-22(18)28-23/h4-14,16H,15H2,1-3H3,(H,27,30). The maximum atomic E-state index is 12.8. The van der Waals surface area contributed by atoms with Crippen LogP contribution in [-0.2, 0) is 4.74 Å². The number of pyridine rings is 1. The number of anilines is 1. The maximum absolute atomic E-state index is 12.8. The lowest BCUT2D eigenvalue weighted by Gasteiger charge is -2.09. The molecule has 0 saturated carbocycles. The number of esters is 1. The first kappa shape index (κ1) is 21.2. The summed E-state index contributed by atoms with van der Waals surface area (Å²) in [5, 5.41) is 8.24. The van der Waals surface area contributed by atoms with Crippen LogP contribution in [0.2, 0.25) is 0 Å². The molecular formula is C25H24N4O3. The quantitative estimate of drug-likeness (QED) is 0.446. The monoisotopic (exact) mass is 428 g/mol. The molecule has 7 heteroatoms. The number of fused-ring (bicyclic) bond motifs is 1. The molecule has 0 bridgehead atoms. The minimum Gasteiger partial charge on any atom is -0.462 e. The van der Waals surface area contributed by atoms with Crippen molar-refractivity contribution in [3.8, 4) is 5.82 Å². The summed E-state index contributed by atoms with van der Waals surface area (Å²) in [6, 6.07) is 18.3. The molecule has 0 aliphatic rings. The average Bonchev–Trinajstić information content (AvgIpc) is 3.19. The molecule has 0 spiro atoms. The number of para-hydroxylation sites is 1. The summed E-state index contributed by atoms with van der Waals surface area (Å²) in [7, 11) is 0. The largest absolute Gasteiger partial charge is 0.462 e. The van der Waals surface area contributed by atoms with Gasteiger partial charge >= 0.3 is 5.97 Å². The fourth-order valence-electron chi connectivity index (χ4n) is 3.25. The predicted molar refractivity (Wildman–Crippen MR) is 123 cm³/mol. The molecule has 0 aliphatic heterocycles. The number of carbonyl (C=O) groups excluding carboxylic acids is 2. The van der Waals surface area contributed by atoms with E-state index < -0.39 is 0 Å². The highest BCUT2D eigenvalue weighted by Gasteiger charge is 2.17. The number of hydrogen-bond acceptors (Lipinski definition) is 5. The molecule has 2 aromatic heterocycles. The number of carbonyl (C=O) groups is 2. The van der Waals surface area contributed by atoms with Crippen LogP contribution in [0.25, 0.3) is 16.7 Å². The Hall–Kier alpha value is -4.00. The molecule has 1 amide bonds. The Balaban J connectivity index is 1.48. The molecule has 162 valence electrons. The van der Waals surface area contributed by atoms with Gasteiger partial charge in [0.1, 0.15) is 0 Å². The van der Waals surface area contributed by atoms with Gasteiger partial charge in [-0.25, -0.2) is 14.5 Å². The lowest BCUT2D eigenvalue weighted by Crippen LogP contribution is -2.14. The van der Waals surface area contributed by atoms with Gasteiger partial charge in [-0.2, -0.15) is 5.10 Å². The first-order chi connectivity index (χ1) is 15.4. The van der Waals surface area contributed by atoms with Crippen LogP contribution >= 0.6 is 0 Å². The molecule has 2 aromatic carbocycles. The Kier molecular flexibility index (Phi) is 5.98. The second-order valence-electron chi connectivity index (χ2n) is 7.94. The summed E-state index contributed by atoms with van der Waals surface area (Å²) in [4.78, 5) is 29.5. The van der Waals surface area contributed by atoms with Crippen LogP contribution in [0.5, 0.6) is 0 Å². The van der Waals surface area contributed by atoms with Crippen LogP contribution in [0.3, 0.4) is 0 Å². The minimum absolute atomic E-state index is 0.270. The SMILES string of the molecule is Cc1c(C(=O)Nc2ccc(C(=O)OCC(C)C)cc2)cnn1-c1ccc2ccccc2n1. The van der Waals surface area contributed by atoms with E-state index in [1.54, 1.807) is 28.9 Å². The molecule has 7 nitrogen and oxygen atoms in total. The van der Waals surface area contributed by atoms with Gasteiger partial charge in [-0.05, 0) is 55.3 Å². The Labute approximate surface area is 186 Å². The zero-order valence-corrected chi connectivity index (χ0v) is 18.2.